The van der Waals surface area contributed by atoms with Gasteiger partial charge in [-0.05, 0) is 98.6 Å². The summed E-state index contributed by atoms with van der Waals surface area (Å²) in [6, 6.07) is 13.9. The number of nitrogens with one attached hydrogen (secondary N) is 1. The quantitative estimate of drug-likeness (QED) is 0.314. The fourth-order valence-electron chi connectivity index (χ4n) is 6.14. The predicted octanol–water partition coefficient (Wildman–Crippen LogP) is 5.22. The number of pyridine rings is 2. The first-order chi connectivity index (χ1) is 20.0. The minimum absolute atomic E-state index is 0.0910. The van der Waals surface area contributed by atoms with Crippen LogP contribution in [0.25, 0.3) is 39.2 Å². The number of fused-ring (bicyclic) bond motifs is 1. The molecule has 7 rings (SSSR count). The molecule has 0 amide bonds. The predicted molar refractivity (Wildman–Crippen MR) is 158 cm³/mol. The van der Waals surface area contributed by atoms with Crippen LogP contribution in [-0.4, -0.2) is 47.3 Å². The molecule has 41 heavy (non-hydrogen) atoms. The first-order valence-corrected chi connectivity index (χ1v) is 14.4. The van der Waals surface area contributed by atoms with E-state index in [0.717, 1.165) is 65.9 Å². The zero-order valence-corrected chi connectivity index (χ0v) is 23.4. The molecule has 2 aliphatic rings. The van der Waals surface area contributed by atoms with Gasteiger partial charge in [0, 0.05) is 42.1 Å². The highest BCUT2D eigenvalue weighted by Crippen LogP contribution is 2.43. The van der Waals surface area contributed by atoms with E-state index in [1.165, 1.54) is 24.8 Å². The first kappa shape index (κ1) is 25.4. The summed E-state index contributed by atoms with van der Waals surface area (Å²) in [5.74, 6) is 1.71. The van der Waals surface area contributed by atoms with Crippen molar-refractivity contribution in [2.45, 2.75) is 51.5 Å². The third-order valence-corrected chi connectivity index (χ3v) is 8.34. The molecule has 0 unspecified atom stereocenters. The van der Waals surface area contributed by atoms with Crippen LogP contribution in [-0.2, 0) is 13.6 Å². The maximum atomic E-state index is 14.0. The van der Waals surface area contributed by atoms with Gasteiger partial charge in [-0.2, -0.15) is 5.26 Å². The molecule has 5 heterocycles. The van der Waals surface area contributed by atoms with E-state index in [1.807, 2.05) is 49.0 Å². The molecule has 0 atom stereocenters. The number of hydrogen-bond acceptors (Lipinski definition) is 6. The Morgan fingerprint density at radius 2 is 1.90 bits per heavy atom. The van der Waals surface area contributed by atoms with Crippen LogP contribution in [0.5, 0.6) is 0 Å². The molecule has 0 spiro atoms. The number of aromatic nitrogens is 6. The van der Waals surface area contributed by atoms with Crippen LogP contribution in [0, 0.1) is 18.3 Å². The fourth-order valence-corrected chi connectivity index (χ4v) is 6.14. The molecular formula is C32H32N8O. The van der Waals surface area contributed by atoms with Crippen molar-refractivity contribution in [3.63, 3.8) is 0 Å². The third-order valence-electron chi connectivity index (χ3n) is 8.34. The van der Waals surface area contributed by atoms with Gasteiger partial charge >= 0.3 is 0 Å². The van der Waals surface area contributed by atoms with Crippen LogP contribution >= 0.6 is 0 Å². The number of benzene rings is 1. The maximum Gasteiger partial charge on any atom is 0.280 e. The van der Waals surface area contributed by atoms with Gasteiger partial charge in [-0.25, -0.2) is 4.98 Å². The van der Waals surface area contributed by atoms with Crippen LogP contribution in [0.1, 0.15) is 60.5 Å². The van der Waals surface area contributed by atoms with E-state index >= 15 is 0 Å². The van der Waals surface area contributed by atoms with E-state index in [-0.39, 0.29) is 5.56 Å². The molecule has 1 saturated carbocycles. The van der Waals surface area contributed by atoms with Gasteiger partial charge in [0.1, 0.15) is 17.7 Å². The Kier molecular flexibility index (Phi) is 6.28. The summed E-state index contributed by atoms with van der Waals surface area (Å²) in [5.41, 5.74) is 6.80. The van der Waals surface area contributed by atoms with Crippen LogP contribution in [0.2, 0.25) is 0 Å². The molecule has 9 nitrogen and oxygen atoms in total. The normalized spacial score (nSPS) is 15.8. The first-order valence-electron chi connectivity index (χ1n) is 14.4. The molecular weight excluding hydrogens is 512 g/mol. The van der Waals surface area contributed by atoms with E-state index in [2.05, 4.69) is 32.2 Å². The Labute approximate surface area is 238 Å². The zero-order valence-electron chi connectivity index (χ0n) is 23.4. The van der Waals surface area contributed by atoms with Gasteiger partial charge in [-0.1, -0.05) is 12.5 Å². The molecule has 1 saturated heterocycles. The molecule has 1 N–H and O–H groups in total. The fraction of sp³-hybridized carbons (Fsp3) is 0.344. The minimum atomic E-state index is -0.0910. The monoisotopic (exact) mass is 544 g/mol. The number of nitrogens with zero attached hydrogens (tertiary/aromatic N) is 7. The van der Waals surface area contributed by atoms with E-state index in [4.69, 9.17) is 4.98 Å². The maximum absolute atomic E-state index is 14.0. The highest BCUT2D eigenvalue weighted by Gasteiger charge is 2.28. The summed E-state index contributed by atoms with van der Waals surface area (Å²) >= 11 is 0. The number of piperidine rings is 1. The average Bonchev–Trinajstić information content (AvgIpc) is 3.60. The van der Waals surface area contributed by atoms with Gasteiger partial charge in [0.15, 0.2) is 5.82 Å². The average molecular weight is 545 g/mol. The lowest BCUT2D eigenvalue weighted by Gasteiger charge is -2.25. The summed E-state index contributed by atoms with van der Waals surface area (Å²) in [6.45, 7) is 5.00. The summed E-state index contributed by atoms with van der Waals surface area (Å²) in [5, 5.41) is 19.0. The van der Waals surface area contributed by atoms with Gasteiger partial charge in [0.25, 0.3) is 5.56 Å². The number of aromatic amines is 1. The van der Waals surface area contributed by atoms with Crippen LogP contribution in [0.15, 0.2) is 53.7 Å². The van der Waals surface area contributed by atoms with Crippen molar-refractivity contribution in [3.05, 3.63) is 81.8 Å². The molecule has 9 heteroatoms. The summed E-state index contributed by atoms with van der Waals surface area (Å²) in [7, 11) is 1.88. The van der Waals surface area contributed by atoms with Crippen molar-refractivity contribution < 1.29 is 0 Å². The van der Waals surface area contributed by atoms with Gasteiger partial charge in [0.05, 0.1) is 11.6 Å². The third kappa shape index (κ3) is 4.74. The van der Waals surface area contributed by atoms with E-state index in [1.54, 1.807) is 17.0 Å². The Bertz CT molecular complexity index is 1880. The minimum Gasteiger partial charge on any atom is -0.353 e. The molecule has 0 radical (unpaired) electrons. The number of likely N-dealkylation sites (tertiary alicyclic amines) is 1. The Morgan fingerprint density at radius 3 is 2.63 bits per heavy atom. The van der Waals surface area contributed by atoms with Gasteiger partial charge in [-0.3, -0.25) is 14.3 Å². The SMILES string of the molecule is Cc1cc(-c2ccc(C#N)cc2-c2nncn2C)cc(-n2cc(C3CC3)c3cc(CN4CCCCC4)[nH]c3c2=O)n1. The Balaban J connectivity index is 1.36. The van der Waals surface area contributed by atoms with Crippen molar-refractivity contribution in [1.29, 1.82) is 5.26 Å². The van der Waals surface area contributed by atoms with Crippen molar-refractivity contribution in [2.24, 2.45) is 7.05 Å². The van der Waals surface area contributed by atoms with E-state index < -0.39 is 0 Å². The van der Waals surface area contributed by atoms with Gasteiger partial charge in [-0.15, -0.1) is 10.2 Å². The lowest BCUT2D eigenvalue weighted by atomic mass is 9.97. The topological polar surface area (TPSA) is 108 Å². The molecule has 1 aliphatic heterocycles. The van der Waals surface area contributed by atoms with Crippen molar-refractivity contribution >= 4 is 10.9 Å². The van der Waals surface area contributed by atoms with Gasteiger partial charge in [0.2, 0.25) is 0 Å². The lowest BCUT2D eigenvalue weighted by Crippen LogP contribution is -2.29. The largest absolute Gasteiger partial charge is 0.353 e. The number of nitriles is 1. The smallest absolute Gasteiger partial charge is 0.280 e. The number of rotatable bonds is 6. The molecule has 206 valence electrons. The number of hydrogen-bond donors (Lipinski definition) is 1. The summed E-state index contributed by atoms with van der Waals surface area (Å²) in [4.78, 5) is 24.8. The van der Waals surface area contributed by atoms with Gasteiger partial charge < -0.3 is 9.55 Å². The number of aryl methyl sites for hydroxylation is 2. The molecule has 2 fully saturated rings. The molecule has 1 aromatic carbocycles. The summed E-state index contributed by atoms with van der Waals surface area (Å²) in [6.07, 6.45) is 9.70. The molecule has 1 aliphatic carbocycles. The number of H-pyrrole nitrogens is 1. The second kappa shape index (κ2) is 10.1. The van der Waals surface area contributed by atoms with Crippen LogP contribution in [0.3, 0.4) is 0 Å². The summed E-state index contributed by atoms with van der Waals surface area (Å²) < 4.78 is 3.54. The van der Waals surface area contributed by atoms with Crippen molar-refractivity contribution in [1.82, 2.24) is 34.2 Å². The second-order valence-corrected chi connectivity index (χ2v) is 11.4. The van der Waals surface area contributed by atoms with Crippen molar-refractivity contribution in [2.75, 3.05) is 13.1 Å². The molecule has 0 bridgehead atoms. The highest BCUT2D eigenvalue weighted by atomic mass is 16.1. The highest BCUT2D eigenvalue weighted by molar-refractivity contribution is 5.85. The zero-order chi connectivity index (χ0) is 28.1. The Morgan fingerprint density at radius 1 is 1.07 bits per heavy atom. The van der Waals surface area contributed by atoms with Crippen LogP contribution < -0.4 is 5.56 Å². The standard InChI is InChI=1S/C32H32N8O/c1-20-12-23(25-9-6-21(16-33)13-27(25)31-37-34-19-38(31)2)14-29(35-20)40-18-28(22-7-8-22)26-15-24(36-30(26)32(40)41)17-39-10-4-3-5-11-39/h6,9,12-15,18-19,22,36H,3-5,7-8,10-11,17H2,1-2H3. The van der Waals surface area contributed by atoms with E-state index in [9.17, 15) is 10.1 Å². The van der Waals surface area contributed by atoms with Crippen molar-refractivity contribution in [3.8, 4) is 34.4 Å². The Hall–Kier alpha value is -4.55. The second-order valence-electron chi connectivity index (χ2n) is 11.4. The lowest BCUT2D eigenvalue weighted by molar-refractivity contribution is 0.219. The molecule has 4 aromatic heterocycles. The van der Waals surface area contributed by atoms with E-state index in [0.29, 0.717) is 28.6 Å². The van der Waals surface area contributed by atoms with Crippen LogP contribution in [0.4, 0.5) is 0 Å². The molecule has 5 aromatic rings.